The van der Waals surface area contributed by atoms with Crippen LogP contribution >= 0.6 is 15.9 Å². The molecule has 2 nitrogen and oxygen atoms in total. The lowest BCUT2D eigenvalue weighted by molar-refractivity contribution is 0.281. The number of ether oxygens (including phenoxy) is 1. The van der Waals surface area contributed by atoms with Crippen LogP contribution in [0.15, 0.2) is 46.9 Å². The molecule has 0 aliphatic heterocycles. The summed E-state index contributed by atoms with van der Waals surface area (Å²) in [6.07, 6.45) is 0. The van der Waals surface area contributed by atoms with Gasteiger partial charge in [-0.3, -0.25) is 0 Å². The topological polar surface area (TPSA) is 29.5 Å². The first-order chi connectivity index (χ1) is 8.69. The molecule has 0 bridgehead atoms. The quantitative estimate of drug-likeness (QED) is 0.934. The van der Waals surface area contributed by atoms with E-state index < -0.39 is 0 Å². The maximum Gasteiger partial charge on any atom is 0.136 e. The number of aliphatic hydroxyl groups excluding tert-OH is 1. The van der Waals surface area contributed by atoms with Gasteiger partial charge in [0, 0.05) is 6.07 Å². The van der Waals surface area contributed by atoms with Crippen molar-refractivity contribution < 1.29 is 14.2 Å². The van der Waals surface area contributed by atoms with Gasteiger partial charge < -0.3 is 9.84 Å². The van der Waals surface area contributed by atoms with E-state index in [1.807, 2.05) is 24.3 Å². The Hall–Kier alpha value is -1.39. The SMILES string of the molecule is OCc1ccc(COc2cc(F)ccc2Br)cc1. The summed E-state index contributed by atoms with van der Waals surface area (Å²) < 4.78 is 19.3. The second-order valence-corrected chi connectivity index (χ2v) is 4.69. The number of halogens is 2. The van der Waals surface area contributed by atoms with E-state index in [1.54, 1.807) is 6.07 Å². The Morgan fingerprint density at radius 1 is 1.06 bits per heavy atom. The van der Waals surface area contributed by atoms with Gasteiger partial charge in [-0.15, -0.1) is 0 Å². The predicted molar refractivity (Wildman–Crippen MR) is 70.8 cm³/mol. The number of aliphatic hydroxyl groups is 1. The zero-order chi connectivity index (χ0) is 13.0. The van der Waals surface area contributed by atoms with Crippen molar-refractivity contribution in [2.24, 2.45) is 0 Å². The maximum absolute atomic E-state index is 13.0. The van der Waals surface area contributed by atoms with E-state index in [1.165, 1.54) is 12.1 Å². The van der Waals surface area contributed by atoms with Crippen molar-refractivity contribution in [2.45, 2.75) is 13.2 Å². The van der Waals surface area contributed by atoms with Gasteiger partial charge in [0.05, 0.1) is 11.1 Å². The van der Waals surface area contributed by atoms with Crippen LogP contribution < -0.4 is 4.74 Å². The summed E-state index contributed by atoms with van der Waals surface area (Å²) >= 11 is 3.30. The molecule has 0 fully saturated rings. The minimum atomic E-state index is -0.330. The van der Waals surface area contributed by atoms with Crippen molar-refractivity contribution in [1.82, 2.24) is 0 Å². The zero-order valence-electron chi connectivity index (χ0n) is 9.57. The third kappa shape index (κ3) is 3.31. The van der Waals surface area contributed by atoms with Gasteiger partial charge in [-0.1, -0.05) is 24.3 Å². The number of rotatable bonds is 4. The fraction of sp³-hybridized carbons (Fsp3) is 0.143. The summed E-state index contributed by atoms with van der Waals surface area (Å²) in [5.74, 6) is 0.144. The van der Waals surface area contributed by atoms with Gasteiger partial charge in [-0.05, 0) is 39.2 Å². The second kappa shape index (κ2) is 5.98. The number of hydrogen-bond acceptors (Lipinski definition) is 2. The second-order valence-electron chi connectivity index (χ2n) is 3.84. The molecule has 0 spiro atoms. The number of benzene rings is 2. The van der Waals surface area contributed by atoms with Crippen molar-refractivity contribution in [3.05, 3.63) is 63.9 Å². The van der Waals surface area contributed by atoms with Crippen LogP contribution in [0, 0.1) is 5.82 Å². The highest BCUT2D eigenvalue weighted by Crippen LogP contribution is 2.26. The van der Waals surface area contributed by atoms with E-state index in [9.17, 15) is 4.39 Å². The maximum atomic E-state index is 13.0. The smallest absolute Gasteiger partial charge is 0.136 e. The molecule has 2 rings (SSSR count). The zero-order valence-corrected chi connectivity index (χ0v) is 11.2. The lowest BCUT2D eigenvalue weighted by Gasteiger charge is -2.08. The minimum absolute atomic E-state index is 0.0244. The average molecular weight is 311 g/mol. The van der Waals surface area contributed by atoms with Gasteiger partial charge in [0.2, 0.25) is 0 Å². The van der Waals surface area contributed by atoms with Crippen LogP contribution in [0.2, 0.25) is 0 Å². The highest BCUT2D eigenvalue weighted by Gasteiger charge is 2.03. The lowest BCUT2D eigenvalue weighted by Crippen LogP contribution is -1.97. The average Bonchev–Trinajstić information content (AvgIpc) is 2.40. The van der Waals surface area contributed by atoms with Gasteiger partial charge in [-0.25, -0.2) is 4.39 Å². The molecule has 2 aromatic carbocycles. The van der Waals surface area contributed by atoms with Gasteiger partial charge in [0.25, 0.3) is 0 Å². The van der Waals surface area contributed by atoms with E-state index in [2.05, 4.69) is 15.9 Å². The monoisotopic (exact) mass is 310 g/mol. The molecule has 0 saturated carbocycles. The van der Waals surface area contributed by atoms with Crippen molar-refractivity contribution >= 4 is 15.9 Å². The molecule has 0 radical (unpaired) electrons. The Labute approximate surface area is 113 Å². The lowest BCUT2D eigenvalue weighted by atomic mass is 10.1. The Morgan fingerprint density at radius 2 is 1.72 bits per heavy atom. The number of hydrogen-bond donors (Lipinski definition) is 1. The Bertz CT molecular complexity index is 526. The van der Waals surface area contributed by atoms with Gasteiger partial charge in [0.15, 0.2) is 0 Å². The van der Waals surface area contributed by atoms with E-state index in [0.717, 1.165) is 15.6 Å². The third-order valence-electron chi connectivity index (χ3n) is 2.49. The summed E-state index contributed by atoms with van der Waals surface area (Å²) in [4.78, 5) is 0. The molecule has 4 heteroatoms. The minimum Gasteiger partial charge on any atom is -0.488 e. The first-order valence-corrected chi connectivity index (χ1v) is 6.25. The first kappa shape index (κ1) is 13.1. The summed E-state index contributed by atoms with van der Waals surface area (Å²) in [6.45, 7) is 0.379. The Balaban J connectivity index is 2.04. The van der Waals surface area contributed by atoms with Crippen LogP contribution in [0.3, 0.4) is 0 Å². The van der Waals surface area contributed by atoms with Crippen LogP contribution in [0.1, 0.15) is 11.1 Å². The van der Waals surface area contributed by atoms with Crippen LogP contribution in [0.25, 0.3) is 0 Å². The standard InChI is InChI=1S/C14H12BrFO2/c15-13-6-5-12(16)7-14(13)18-9-11-3-1-10(8-17)2-4-11/h1-7,17H,8-9H2. The molecule has 0 aliphatic carbocycles. The van der Waals surface area contributed by atoms with Crippen molar-refractivity contribution in [2.75, 3.05) is 0 Å². The Kier molecular flexibility index (Phi) is 4.33. The van der Waals surface area contributed by atoms with Crippen LogP contribution in [0.5, 0.6) is 5.75 Å². The highest BCUT2D eigenvalue weighted by atomic mass is 79.9. The molecule has 1 N–H and O–H groups in total. The third-order valence-corrected chi connectivity index (χ3v) is 3.15. The summed E-state index contributed by atoms with van der Waals surface area (Å²) in [5, 5.41) is 8.92. The molecular weight excluding hydrogens is 299 g/mol. The summed E-state index contributed by atoms with van der Waals surface area (Å²) in [7, 11) is 0. The molecule has 0 aliphatic rings. The fourth-order valence-electron chi connectivity index (χ4n) is 1.49. The summed E-state index contributed by atoms with van der Waals surface area (Å²) in [5.41, 5.74) is 1.81. The summed E-state index contributed by atoms with van der Waals surface area (Å²) in [6, 6.07) is 11.7. The van der Waals surface area contributed by atoms with E-state index in [0.29, 0.717) is 12.4 Å². The van der Waals surface area contributed by atoms with Crippen LogP contribution in [-0.2, 0) is 13.2 Å². The van der Waals surface area contributed by atoms with Crippen molar-refractivity contribution in [1.29, 1.82) is 0 Å². The molecule has 94 valence electrons. The highest BCUT2D eigenvalue weighted by molar-refractivity contribution is 9.10. The normalized spacial score (nSPS) is 10.4. The van der Waals surface area contributed by atoms with Crippen molar-refractivity contribution in [3.8, 4) is 5.75 Å². The molecular formula is C14H12BrFO2. The molecule has 0 amide bonds. The first-order valence-electron chi connectivity index (χ1n) is 5.45. The van der Waals surface area contributed by atoms with E-state index in [4.69, 9.17) is 9.84 Å². The van der Waals surface area contributed by atoms with Crippen LogP contribution in [0.4, 0.5) is 4.39 Å². The predicted octanol–water partition coefficient (Wildman–Crippen LogP) is 3.66. The van der Waals surface area contributed by atoms with Crippen molar-refractivity contribution in [3.63, 3.8) is 0 Å². The largest absolute Gasteiger partial charge is 0.488 e. The van der Waals surface area contributed by atoms with Gasteiger partial charge >= 0.3 is 0 Å². The van der Waals surface area contributed by atoms with Gasteiger partial charge in [0.1, 0.15) is 18.2 Å². The molecule has 0 aromatic heterocycles. The fourth-order valence-corrected chi connectivity index (χ4v) is 1.85. The molecule has 0 saturated heterocycles. The molecule has 18 heavy (non-hydrogen) atoms. The molecule has 0 atom stereocenters. The van der Waals surface area contributed by atoms with Crippen LogP contribution in [-0.4, -0.2) is 5.11 Å². The molecule has 0 heterocycles. The molecule has 0 unspecified atom stereocenters. The molecule has 2 aromatic rings. The van der Waals surface area contributed by atoms with E-state index >= 15 is 0 Å². The van der Waals surface area contributed by atoms with E-state index in [-0.39, 0.29) is 12.4 Å². The van der Waals surface area contributed by atoms with Gasteiger partial charge in [-0.2, -0.15) is 0 Å². The Morgan fingerprint density at radius 3 is 2.39 bits per heavy atom.